The molecule has 1 atom stereocenters. The van der Waals surface area contributed by atoms with E-state index in [9.17, 15) is 4.79 Å². The molecular formula is C18H27NO2. The monoisotopic (exact) mass is 289 g/mol. The summed E-state index contributed by atoms with van der Waals surface area (Å²) in [6.07, 6.45) is 5.98. The van der Waals surface area contributed by atoms with Gasteiger partial charge in [0.05, 0.1) is 0 Å². The van der Waals surface area contributed by atoms with Crippen LogP contribution in [-0.2, 0) is 4.79 Å². The van der Waals surface area contributed by atoms with Gasteiger partial charge in [0.15, 0.2) is 6.10 Å². The van der Waals surface area contributed by atoms with Crippen LogP contribution < -0.4 is 10.1 Å². The van der Waals surface area contributed by atoms with Gasteiger partial charge in [-0.05, 0) is 62.8 Å². The summed E-state index contributed by atoms with van der Waals surface area (Å²) in [6.45, 7) is 6.68. The zero-order valence-electron chi connectivity index (χ0n) is 13.4. The van der Waals surface area contributed by atoms with E-state index >= 15 is 0 Å². The largest absolute Gasteiger partial charge is 0.481 e. The summed E-state index contributed by atoms with van der Waals surface area (Å²) in [6, 6.07) is 6.04. The van der Waals surface area contributed by atoms with Gasteiger partial charge in [-0.2, -0.15) is 0 Å². The third kappa shape index (κ3) is 5.07. The second-order valence-electron chi connectivity index (χ2n) is 6.33. The van der Waals surface area contributed by atoms with Crippen molar-refractivity contribution in [2.45, 2.75) is 59.0 Å². The fourth-order valence-corrected chi connectivity index (χ4v) is 3.04. The SMILES string of the molecule is Cc1cc(C)cc(OC(C)C(=O)NCC2CCCCC2)c1. The van der Waals surface area contributed by atoms with E-state index < -0.39 is 6.10 Å². The van der Waals surface area contributed by atoms with E-state index in [2.05, 4.69) is 11.4 Å². The quantitative estimate of drug-likeness (QED) is 0.896. The first-order valence-corrected chi connectivity index (χ1v) is 8.07. The number of ether oxygens (including phenoxy) is 1. The highest BCUT2D eigenvalue weighted by Crippen LogP contribution is 2.23. The predicted molar refractivity (Wildman–Crippen MR) is 85.6 cm³/mol. The van der Waals surface area contributed by atoms with Crippen molar-refractivity contribution in [3.63, 3.8) is 0 Å². The Bertz CT molecular complexity index is 458. The fourth-order valence-electron chi connectivity index (χ4n) is 3.04. The van der Waals surface area contributed by atoms with Crippen molar-refractivity contribution in [3.8, 4) is 5.75 Å². The first-order valence-electron chi connectivity index (χ1n) is 8.07. The number of nitrogens with one attached hydrogen (secondary N) is 1. The van der Waals surface area contributed by atoms with Crippen LogP contribution in [-0.4, -0.2) is 18.6 Å². The molecule has 3 nitrogen and oxygen atoms in total. The average Bonchev–Trinajstić information content (AvgIpc) is 2.44. The molecule has 0 saturated heterocycles. The Morgan fingerprint density at radius 1 is 1.19 bits per heavy atom. The summed E-state index contributed by atoms with van der Waals surface area (Å²) in [5.74, 6) is 1.41. The lowest BCUT2D eigenvalue weighted by Gasteiger charge is -2.23. The van der Waals surface area contributed by atoms with Crippen molar-refractivity contribution in [3.05, 3.63) is 29.3 Å². The number of aryl methyl sites for hydroxylation is 2. The molecule has 0 bridgehead atoms. The van der Waals surface area contributed by atoms with Gasteiger partial charge in [0.1, 0.15) is 5.75 Å². The molecule has 3 heteroatoms. The molecule has 1 unspecified atom stereocenters. The second kappa shape index (κ2) is 7.48. The predicted octanol–water partition coefficient (Wildman–Crippen LogP) is 3.77. The summed E-state index contributed by atoms with van der Waals surface area (Å²) in [5, 5.41) is 3.04. The highest BCUT2D eigenvalue weighted by Gasteiger charge is 2.18. The molecule has 1 aliphatic rings. The molecule has 0 aliphatic heterocycles. The maximum atomic E-state index is 12.1. The van der Waals surface area contributed by atoms with Crippen LogP contribution in [0.2, 0.25) is 0 Å². The van der Waals surface area contributed by atoms with E-state index in [-0.39, 0.29) is 5.91 Å². The molecule has 1 aromatic rings. The minimum Gasteiger partial charge on any atom is -0.481 e. The second-order valence-corrected chi connectivity index (χ2v) is 6.33. The molecule has 116 valence electrons. The normalized spacial score (nSPS) is 17.3. The third-order valence-electron chi connectivity index (χ3n) is 4.17. The van der Waals surface area contributed by atoms with Crippen molar-refractivity contribution >= 4 is 5.91 Å². The minimum absolute atomic E-state index is 0.0141. The molecule has 0 spiro atoms. The number of carbonyl (C=O) groups is 1. The first-order chi connectivity index (χ1) is 10.0. The standard InChI is InChI=1S/C18H27NO2/c1-13-9-14(2)11-17(10-13)21-15(3)18(20)19-12-16-7-5-4-6-8-16/h9-11,15-16H,4-8,12H2,1-3H3,(H,19,20). The Hall–Kier alpha value is -1.51. The molecule has 1 amide bonds. The minimum atomic E-state index is -0.449. The van der Waals surface area contributed by atoms with Gasteiger partial charge in [0.25, 0.3) is 5.91 Å². The van der Waals surface area contributed by atoms with Crippen molar-refractivity contribution < 1.29 is 9.53 Å². The van der Waals surface area contributed by atoms with E-state index in [1.807, 2.05) is 32.9 Å². The number of rotatable bonds is 5. The first kappa shape index (κ1) is 15.9. The van der Waals surface area contributed by atoms with Gasteiger partial charge in [-0.25, -0.2) is 0 Å². The molecular weight excluding hydrogens is 262 g/mol. The Morgan fingerprint density at radius 3 is 2.43 bits per heavy atom. The third-order valence-corrected chi connectivity index (χ3v) is 4.17. The molecule has 1 aromatic carbocycles. The summed E-state index contributed by atoms with van der Waals surface area (Å²) >= 11 is 0. The van der Waals surface area contributed by atoms with Gasteiger partial charge < -0.3 is 10.1 Å². The molecule has 1 aliphatic carbocycles. The Morgan fingerprint density at radius 2 is 1.81 bits per heavy atom. The van der Waals surface area contributed by atoms with Gasteiger partial charge in [-0.1, -0.05) is 25.3 Å². The summed E-state index contributed by atoms with van der Waals surface area (Å²) in [4.78, 5) is 12.1. The lowest BCUT2D eigenvalue weighted by Crippen LogP contribution is -2.39. The number of hydrogen-bond acceptors (Lipinski definition) is 2. The highest BCUT2D eigenvalue weighted by atomic mass is 16.5. The number of hydrogen-bond donors (Lipinski definition) is 1. The summed E-state index contributed by atoms with van der Waals surface area (Å²) in [7, 11) is 0. The Kier molecular flexibility index (Phi) is 5.66. The van der Waals surface area contributed by atoms with Crippen LogP contribution in [0.25, 0.3) is 0 Å². The van der Waals surface area contributed by atoms with E-state index in [0.29, 0.717) is 5.92 Å². The zero-order chi connectivity index (χ0) is 15.2. The lowest BCUT2D eigenvalue weighted by atomic mass is 9.89. The maximum Gasteiger partial charge on any atom is 0.260 e. The van der Waals surface area contributed by atoms with E-state index in [4.69, 9.17) is 4.74 Å². The van der Waals surface area contributed by atoms with E-state index in [1.54, 1.807) is 0 Å². The van der Waals surface area contributed by atoms with Crippen LogP contribution in [0, 0.1) is 19.8 Å². The van der Waals surface area contributed by atoms with Crippen LogP contribution in [0.4, 0.5) is 0 Å². The van der Waals surface area contributed by atoms with Gasteiger partial charge in [-0.3, -0.25) is 4.79 Å². The molecule has 0 heterocycles. The number of amides is 1. The van der Waals surface area contributed by atoms with Crippen LogP contribution in [0.5, 0.6) is 5.75 Å². The van der Waals surface area contributed by atoms with E-state index in [0.717, 1.165) is 23.4 Å². The van der Waals surface area contributed by atoms with Crippen LogP contribution in [0.1, 0.15) is 50.2 Å². The van der Waals surface area contributed by atoms with Gasteiger partial charge in [-0.15, -0.1) is 0 Å². The number of benzene rings is 1. The van der Waals surface area contributed by atoms with Crippen molar-refractivity contribution in [1.82, 2.24) is 5.32 Å². The molecule has 1 saturated carbocycles. The molecule has 0 radical (unpaired) electrons. The summed E-state index contributed by atoms with van der Waals surface area (Å²) in [5.41, 5.74) is 2.31. The Labute approximate surface area is 128 Å². The maximum absolute atomic E-state index is 12.1. The molecule has 21 heavy (non-hydrogen) atoms. The van der Waals surface area contributed by atoms with Crippen molar-refractivity contribution in [1.29, 1.82) is 0 Å². The van der Waals surface area contributed by atoms with Crippen LogP contribution >= 0.6 is 0 Å². The zero-order valence-corrected chi connectivity index (χ0v) is 13.4. The van der Waals surface area contributed by atoms with E-state index in [1.165, 1.54) is 32.1 Å². The smallest absolute Gasteiger partial charge is 0.260 e. The van der Waals surface area contributed by atoms with Crippen LogP contribution in [0.3, 0.4) is 0 Å². The van der Waals surface area contributed by atoms with Crippen molar-refractivity contribution in [2.75, 3.05) is 6.54 Å². The van der Waals surface area contributed by atoms with Gasteiger partial charge >= 0.3 is 0 Å². The van der Waals surface area contributed by atoms with Gasteiger partial charge in [0, 0.05) is 6.54 Å². The average molecular weight is 289 g/mol. The van der Waals surface area contributed by atoms with Crippen molar-refractivity contribution in [2.24, 2.45) is 5.92 Å². The fraction of sp³-hybridized carbons (Fsp3) is 0.611. The molecule has 2 rings (SSSR count). The van der Waals surface area contributed by atoms with Gasteiger partial charge in [0.2, 0.25) is 0 Å². The molecule has 1 N–H and O–H groups in total. The summed E-state index contributed by atoms with van der Waals surface area (Å²) < 4.78 is 5.77. The highest BCUT2D eigenvalue weighted by molar-refractivity contribution is 5.80. The number of carbonyl (C=O) groups excluding carboxylic acids is 1. The molecule has 0 aromatic heterocycles. The van der Waals surface area contributed by atoms with Crippen LogP contribution in [0.15, 0.2) is 18.2 Å². The molecule has 1 fully saturated rings. The lowest BCUT2D eigenvalue weighted by molar-refractivity contribution is -0.127. The topological polar surface area (TPSA) is 38.3 Å². The Balaban J connectivity index is 1.81.